The van der Waals surface area contributed by atoms with E-state index < -0.39 is 38.7 Å². The van der Waals surface area contributed by atoms with E-state index in [-0.39, 0.29) is 13.2 Å². The van der Waals surface area contributed by atoms with E-state index in [0.29, 0.717) is 0 Å². The van der Waals surface area contributed by atoms with Crippen LogP contribution in [0.2, 0.25) is 0 Å². The topological polar surface area (TPSA) is 81.4 Å². The molecule has 0 saturated carbocycles. The van der Waals surface area contributed by atoms with E-state index in [9.17, 15) is 17.2 Å². The molecule has 0 bridgehead atoms. The highest BCUT2D eigenvalue weighted by Gasteiger charge is 2.22. The first-order valence-corrected chi connectivity index (χ1v) is 6.58. The minimum Gasteiger partial charge on any atom is -0.383 e. The summed E-state index contributed by atoms with van der Waals surface area (Å²) >= 11 is 0. The molecule has 0 fully saturated rings. The Labute approximate surface area is 104 Å². The highest BCUT2D eigenvalue weighted by Crippen LogP contribution is 2.20. The second-order valence-electron chi connectivity index (χ2n) is 3.43. The fourth-order valence-corrected chi connectivity index (χ4v) is 2.44. The van der Waals surface area contributed by atoms with Crippen molar-refractivity contribution in [3.8, 4) is 0 Å². The largest absolute Gasteiger partial charge is 0.383 e. The van der Waals surface area contributed by atoms with E-state index in [0.717, 1.165) is 12.1 Å². The first-order valence-electron chi connectivity index (χ1n) is 5.09. The molecule has 0 heterocycles. The molecule has 18 heavy (non-hydrogen) atoms. The number of hydrogen-bond donors (Lipinski definition) is 2. The number of rotatable bonds is 6. The number of nitrogens with one attached hydrogen (secondary N) is 1. The van der Waals surface area contributed by atoms with Gasteiger partial charge in [0.1, 0.15) is 10.7 Å². The molecule has 8 heteroatoms. The number of methoxy groups -OCH3 is 1. The van der Waals surface area contributed by atoms with Crippen LogP contribution in [-0.2, 0) is 21.3 Å². The van der Waals surface area contributed by atoms with Crippen molar-refractivity contribution in [3.63, 3.8) is 0 Å². The van der Waals surface area contributed by atoms with Crippen LogP contribution in [0.25, 0.3) is 0 Å². The predicted molar refractivity (Wildman–Crippen MR) is 61.3 cm³/mol. The van der Waals surface area contributed by atoms with Crippen molar-refractivity contribution in [2.45, 2.75) is 11.4 Å². The van der Waals surface area contributed by atoms with Gasteiger partial charge in [-0.2, -0.15) is 0 Å². The normalized spacial score (nSPS) is 11.8. The smallest absolute Gasteiger partial charge is 0.243 e. The van der Waals surface area contributed by atoms with Gasteiger partial charge in [0.15, 0.2) is 5.82 Å². The fraction of sp³-hybridized carbons (Fsp3) is 0.400. The Morgan fingerprint density at radius 1 is 1.39 bits per heavy atom. The van der Waals surface area contributed by atoms with Gasteiger partial charge in [0.05, 0.1) is 6.61 Å². The third-order valence-electron chi connectivity index (χ3n) is 2.24. The highest BCUT2D eigenvalue weighted by molar-refractivity contribution is 7.89. The summed E-state index contributed by atoms with van der Waals surface area (Å²) in [6, 6.07) is 1.73. The van der Waals surface area contributed by atoms with Crippen LogP contribution in [0, 0.1) is 11.6 Å². The van der Waals surface area contributed by atoms with Crippen molar-refractivity contribution >= 4 is 10.0 Å². The number of halogens is 2. The molecule has 0 saturated heterocycles. The van der Waals surface area contributed by atoms with Crippen LogP contribution < -0.4 is 10.5 Å². The van der Waals surface area contributed by atoms with Crippen LogP contribution in [-0.4, -0.2) is 28.7 Å². The molecule has 0 aromatic heterocycles. The van der Waals surface area contributed by atoms with Gasteiger partial charge in [0.25, 0.3) is 0 Å². The van der Waals surface area contributed by atoms with Crippen molar-refractivity contribution in [1.82, 2.24) is 4.72 Å². The Balaban J connectivity index is 3.10. The fourth-order valence-electron chi connectivity index (χ4n) is 1.33. The van der Waals surface area contributed by atoms with Crippen LogP contribution >= 0.6 is 0 Å². The molecule has 0 aliphatic rings. The highest BCUT2D eigenvalue weighted by atomic mass is 32.2. The second-order valence-corrected chi connectivity index (χ2v) is 5.17. The molecule has 0 aliphatic heterocycles. The van der Waals surface area contributed by atoms with E-state index in [2.05, 4.69) is 9.46 Å². The first-order chi connectivity index (χ1) is 8.44. The van der Waals surface area contributed by atoms with Gasteiger partial charge in [-0.3, -0.25) is 0 Å². The van der Waals surface area contributed by atoms with Crippen LogP contribution in [0.4, 0.5) is 8.78 Å². The van der Waals surface area contributed by atoms with Gasteiger partial charge in [-0.1, -0.05) is 0 Å². The summed E-state index contributed by atoms with van der Waals surface area (Å²) in [4.78, 5) is -0.625. The van der Waals surface area contributed by atoms with Crippen molar-refractivity contribution < 1.29 is 21.9 Å². The van der Waals surface area contributed by atoms with Gasteiger partial charge in [-0.25, -0.2) is 21.9 Å². The molecule has 102 valence electrons. The summed E-state index contributed by atoms with van der Waals surface area (Å²) in [6.45, 7) is -0.279. The average Bonchev–Trinajstić information content (AvgIpc) is 2.29. The van der Waals surface area contributed by atoms with Gasteiger partial charge in [0.2, 0.25) is 10.0 Å². The molecular formula is C10H14F2N2O3S. The molecule has 0 atom stereocenters. The maximum Gasteiger partial charge on any atom is 0.243 e. The van der Waals surface area contributed by atoms with Gasteiger partial charge in [-0.05, 0) is 12.1 Å². The van der Waals surface area contributed by atoms with E-state index >= 15 is 0 Å². The Morgan fingerprint density at radius 2 is 2.06 bits per heavy atom. The summed E-state index contributed by atoms with van der Waals surface area (Å²) in [6.07, 6.45) is 0. The zero-order chi connectivity index (χ0) is 13.8. The third kappa shape index (κ3) is 3.22. The second kappa shape index (κ2) is 6.19. The van der Waals surface area contributed by atoms with Gasteiger partial charge in [0, 0.05) is 25.8 Å². The maximum atomic E-state index is 13.8. The average molecular weight is 280 g/mol. The number of nitrogens with two attached hydrogens (primary N) is 1. The van der Waals surface area contributed by atoms with E-state index in [4.69, 9.17) is 5.73 Å². The molecule has 0 unspecified atom stereocenters. The Bertz CT molecular complexity index is 520. The molecule has 0 aliphatic carbocycles. The standard InChI is InChI=1S/C10H14F2N2O3S/c1-17-5-4-14-18(15,16)9-3-2-8(11)7(6-13)10(9)12/h2-3,14H,4-6,13H2,1H3. The van der Waals surface area contributed by atoms with E-state index in [1.165, 1.54) is 7.11 Å². The minimum atomic E-state index is -4.04. The summed E-state index contributed by atoms with van der Waals surface area (Å²) in [5.74, 6) is -2.03. The van der Waals surface area contributed by atoms with Crippen LogP contribution in [0.1, 0.15) is 5.56 Å². The summed E-state index contributed by atoms with van der Waals surface area (Å²) in [5.41, 5.74) is 4.72. The molecule has 5 nitrogen and oxygen atoms in total. The van der Waals surface area contributed by atoms with Gasteiger partial charge < -0.3 is 10.5 Å². The SMILES string of the molecule is COCCNS(=O)(=O)c1ccc(F)c(CN)c1F. The molecule has 1 rings (SSSR count). The van der Waals surface area contributed by atoms with E-state index in [1.807, 2.05) is 0 Å². The molecule has 3 N–H and O–H groups in total. The zero-order valence-electron chi connectivity index (χ0n) is 9.74. The summed E-state index contributed by atoms with van der Waals surface area (Å²) < 4.78 is 57.2. The monoisotopic (exact) mass is 280 g/mol. The molecule has 1 aromatic carbocycles. The minimum absolute atomic E-state index is 0.00634. The number of benzene rings is 1. The molecule has 1 aromatic rings. The van der Waals surface area contributed by atoms with E-state index in [1.54, 1.807) is 0 Å². The Morgan fingerprint density at radius 3 is 2.61 bits per heavy atom. The number of hydrogen-bond acceptors (Lipinski definition) is 4. The van der Waals surface area contributed by atoms with Gasteiger partial charge in [-0.15, -0.1) is 0 Å². The van der Waals surface area contributed by atoms with Crippen molar-refractivity contribution in [2.24, 2.45) is 5.73 Å². The predicted octanol–water partition coefficient (Wildman–Crippen LogP) is 0.348. The third-order valence-corrected chi connectivity index (χ3v) is 3.72. The molecule has 0 spiro atoms. The van der Waals surface area contributed by atoms with Crippen molar-refractivity contribution in [1.29, 1.82) is 0 Å². The summed E-state index contributed by atoms with van der Waals surface area (Å²) in [7, 11) is -2.64. The zero-order valence-corrected chi connectivity index (χ0v) is 10.6. The quantitative estimate of drug-likeness (QED) is 0.737. The Hall–Kier alpha value is -1.09. The molecule has 0 radical (unpaired) electrons. The van der Waals surface area contributed by atoms with Crippen molar-refractivity contribution in [3.05, 3.63) is 29.3 Å². The number of ether oxygens (including phenoxy) is 1. The lowest BCUT2D eigenvalue weighted by molar-refractivity contribution is 0.204. The summed E-state index contributed by atoms with van der Waals surface area (Å²) in [5, 5.41) is 0. The molecular weight excluding hydrogens is 266 g/mol. The maximum absolute atomic E-state index is 13.8. The molecule has 0 amide bonds. The van der Waals surface area contributed by atoms with Crippen LogP contribution in [0.5, 0.6) is 0 Å². The Kier molecular flexibility index (Phi) is 5.15. The van der Waals surface area contributed by atoms with Crippen LogP contribution in [0.15, 0.2) is 17.0 Å². The lowest BCUT2D eigenvalue weighted by Gasteiger charge is -2.10. The lowest BCUT2D eigenvalue weighted by Crippen LogP contribution is -2.28. The first kappa shape index (κ1) is 15.0. The lowest BCUT2D eigenvalue weighted by atomic mass is 10.2. The number of sulfonamides is 1. The van der Waals surface area contributed by atoms with Crippen LogP contribution in [0.3, 0.4) is 0 Å². The van der Waals surface area contributed by atoms with Gasteiger partial charge >= 0.3 is 0 Å². The van der Waals surface area contributed by atoms with Crippen molar-refractivity contribution in [2.75, 3.05) is 20.3 Å².